The van der Waals surface area contributed by atoms with Crippen LogP contribution in [-0.4, -0.2) is 62.7 Å². The fourth-order valence-corrected chi connectivity index (χ4v) is 1.41. The van der Waals surface area contributed by atoms with Gasteiger partial charge in [0.2, 0.25) is 0 Å². The maximum Gasteiger partial charge on any atom is 0.331 e. The summed E-state index contributed by atoms with van der Waals surface area (Å²) in [6.45, 7) is 1.95. The van der Waals surface area contributed by atoms with Crippen molar-refractivity contribution < 1.29 is 19.1 Å². The molecule has 0 heterocycles. The van der Waals surface area contributed by atoms with E-state index in [4.69, 9.17) is 4.74 Å². The molecule has 98 valence electrons. The number of carbonyl (C=O) groups is 2. The van der Waals surface area contributed by atoms with Gasteiger partial charge >= 0.3 is 11.9 Å². The van der Waals surface area contributed by atoms with Gasteiger partial charge in [-0.25, -0.2) is 9.59 Å². The van der Waals surface area contributed by atoms with Crippen molar-refractivity contribution in [2.24, 2.45) is 0 Å². The molecular formula is C11H19NO4S. The molecule has 0 atom stereocenters. The van der Waals surface area contributed by atoms with Crippen LogP contribution in [-0.2, 0) is 19.1 Å². The number of methoxy groups -OCH3 is 1. The highest BCUT2D eigenvalue weighted by molar-refractivity contribution is 7.98. The molecule has 0 amide bonds. The fraction of sp³-hybridized carbons (Fsp3) is 0.636. The van der Waals surface area contributed by atoms with Gasteiger partial charge in [0.1, 0.15) is 6.61 Å². The Kier molecular flexibility index (Phi) is 9.56. The molecule has 17 heavy (non-hydrogen) atoms. The monoisotopic (exact) mass is 261 g/mol. The van der Waals surface area contributed by atoms with Gasteiger partial charge in [-0.1, -0.05) is 0 Å². The number of thioether (sulfide) groups is 1. The second-order valence-corrected chi connectivity index (χ2v) is 4.31. The highest BCUT2D eigenvalue weighted by Gasteiger charge is 2.01. The number of ether oxygens (including phenoxy) is 2. The predicted molar refractivity (Wildman–Crippen MR) is 68.0 cm³/mol. The van der Waals surface area contributed by atoms with Crippen LogP contribution in [0.15, 0.2) is 12.2 Å². The molecule has 0 unspecified atom stereocenters. The van der Waals surface area contributed by atoms with Crippen LogP contribution in [0.25, 0.3) is 0 Å². The van der Waals surface area contributed by atoms with E-state index in [9.17, 15) is 9.59 Å². The molecular weight excluding hydrogens is 242 g/mol. The second kappa shape index (κ2) is 10.2. The molecule has 0 radical (unpaired) electrons. The minimum atomic E-state index is -0.570. The number of hydrogen-bond acceptors (Lipinski definition) is 6. The fourth-order valence-electron chi connectivity index (χ4n) is 0.913. The van der Waals surface area contributed by atoms with Crippen molar-refractivity contribution >= 4 is 23.7 Å². The maximum absolute atomic E-state index is 11.1. The molecule has 0 aromatic heterocycles. The molecule has 6 heteroatoms. The molecule has 0 aromatic carbocycles. The molecule has 0 spiro atoms. The molecule has 5 nitrogen and oxygen atoms in total. The SMILES string of the molecule is COC(=O)/C=C/C(=O)OCCN(C)CCSC. The largest absolute Gasteiger partial charge is 0.466 e. The zero-order valence-corrected chi connectivity index (χ0v) is 11.3. The van der Waals surface area contributed by atoms with Crippen molar-refractivity contribution in [1.82, 2.24) is 4.90 Å². The average Bonchev–Trinajstić information content (AvgIpc) is 2.33. The average molecular weight is 261 g/mol. The van der Waals surface area contributed by atoms with E-state index in [-0.39, 0.29) is 0 Å². The lowest BCUT2D eigenvalue weighted by Gasteiger charge is -2.15. The molecule has 0 rings (SSSR count). The van der Waals surface area contributed by atoms with E-state index < -0.39 is 11.9 Å². The molecule has 0 saturated heterocycles. The first-order valence-electron chi connectivity index (χ1n) is 5.20. The molecule has 0 aromatic rings. The van der Waals surface area contributed by atoms with Gasteiger partial charge in [0.15, 0.2) is 0 Å². The van der Waals surface area contributed by atoms with Gasteiger partial charge in [-0.05, 0) is 13.3 Å². The molecule has 0 aliphatic carbocycles. The Labute approximate surface area is 106 Å². The van der Waals surface area contributed by atoms with E-state index in [0.717, 1.165) is 24.4 Å². The van der Waals surface area contributed by atoms with Crippen molar-refractivity contribution in [1.29, 1.82) is 0 Å². The summed E-state index contributed by atoms with van der Waals surface area (Å²) in [7, 11) is 3.22. The summed E-state index contributed by atoms with van der Waals surface area (Å²) >= 11 is 1.77. The van der Waals surface area contributed by atoms with Gasteiger partial charge in [-0.3, -0.25) is 0 Å². The first kappa shape index (κ1) is 16.0. The minimum Gasteiger partial charge on any atom is -0.466 e. The van der Waals surface area contributed by atoms with Crippen LogP contribution in [0, 0.1) is 0 Å². The van der Waals surface area contributed by atoms with Crippen molar-refractivity contribution in [3.05, 3.63) is 12.2 Å². The van der Waals surface area contributed by atoms with Gasteiger partial charge < -0.3 is 14.4 Å². The quantitative estimate of drug-likeness (QED) is 0.470. The zero-order chi connectivity index (χ0) is 13.1. The van der Waals surface area contributed by atoms with Gasteiger partial charge in [0.05, 0.1) is 7.11 Å². The zero-order valence-electron chi connectivity index (χ0n) is 10.5. The van der Waals surface area contributed by atoms with Crippen LogP contribution in [0.5, 0.6) is 0 Å². The van der Waals surface area contributed by atoms with E-state index in [2.05, 4.69) is 9.64 Å². The number of esters is 2. The van der Waals surface area contributed by atoms with Gasteiger partial charge in [-0.2, -0.15) is 11.8 Å². The summed E-state index contributed by atoms with van der Waals surface area (Å²) in [4.78, 5) is 23.9. The summed E-state index contributed by atoms with van der Waals surface area (Å²) < 4.78 is 9.25. The highest BCUT2D eigenvalue weighted by atomic mass is 32.2. The Balaban J connectivity index is 3.64. The van der Waals surface area contributed by atoms with E-state index >= 15 is 0 Å². The Bertz CT molecular complexity index is 268. The summed E-state index contributed by atoms with van der Waals surface area (Å²) in [5, 5.41) is 0. The maximum atomic E-state index is 11.1. The van der Waals surface area contributed by atoms with Gasteiger partial charge in [0, 0.05) is 31.0 Å². The van der Waals surface area contributed by atoms with Gasteiger partial charge in [-0.15, -0.1) is 0 Å². The Morgan fingerprint density at radius 3 is 2.47 bits per heavy atom. The Morgan fingerprint density at radius 2 is 1.88 bits per heavy atom. The molecule has 0 aliphatic heterocycles. The number of likely N-dealkylation sites (N-methyl/N-ethyl adjacent to an activating group) is 1. The molecule has 0 saturated carbocycles. The lowest BCUT2D eigenvalue weighted by molar-refractivity contribution is -0.139. The third-order valence-electron chi connectivity index (χ3n) is 1.95. The number of rotatable bonds is 8. The third kappa shape index (κ3) is 9.89. The Hall–Kier alpha value is -1.01. The molecule has 0 bridgehead atoms. The molecule has 0 fully saturated rings. The van der Waals surface area contributed by atoms with E-state index in [1.807, 2.05) is 13.3 Å². The summed E-state index contributed by atoms with van der Waals surface area (Å²) in [6, 6.07) is 0. The molecule has 0 N–H and O–H groups in total. The van der Waals surface area contributed by atoms with Crippen LogP contribution in [0.3, 0.4) is 0 Å². The highest BCUT2D eigenvalue weighted by Crippen LogP contribution is 1.93. The van der Waals surface area contributed by atoms with E-state index in [1.165, 1.54) is 7.11 Å². The minimum absolute atomic E-state index is 0.315. The first-order chi connectivity index (χ1) is 8.10. The number of hydrogen-bond donors (Lipinski definition) is 0. The summed E-state index contributed by atoms with van der Waals surface area (Å²) in [5.41, 5.74) is 0. The van der Waals surface area contributed by atoms with Gasteiger partial charge in [0.25, 0.3) is 0 Å². The predicted octanol–water partition coefficient (Wildman–Crippen LogP) is 0.554. The van der Waals surface area contributed by atoms with Crippen LogP contribution in [0.4, 0.5) is 0 Å². The van der Waals surface area contributed by atoms with E-state index in [0.29, 0.717) is 13.2 Å². The van der Waals surface area contributed by atoms with E-state index in [1.54, 1.807) is 11.8 Å². The van der Waals surface area contributed by atoms with Crippen molar-refractivity contribution in [3.8, 4) is 0 Å². The topological polar surface area (TPSA) is 55.8 Å². The normalized spacial score (nSPS) is 10.8. The van der Waals surface area contributed by atoms with Crippen LogP contribution < -0.4 is 0 Å². The van der Waals surface area contributed by atoms with Crippen LogP contribution in [0.1, 0.15) is 0 Å². The van der Waals surface area contributed by atoms with Crippen LogP contribution in [0.2, 0.25) is 0 Å². The second-order valence-electron chi connectivity index (χ2n) is 3.32. The third-order valence-corrected chi connectivity index (χ3v) is 2.54. The smallest absolute Gasteiger partial charge is 0.331 e. The lowest BCUT2D eigenvalue weighted by atomic mass is 10.5. The van der Waals surface area contributed by atoms with Crippen LogP contribution >= 0.6 is 11.8 Å². The lowest BCUT2D eigenvalue weighted by Crippen LogP contribution is -2.26. The first-order valence-corrected chi connectivity index (χ1v) is 6.59. The summed E-state index contributed by atoms with van der Waals surface area (Å²) in [5.74, 6) is -0.0557. The van der Waals surface area contributed by atoms with Crippen molar-refractivity contribution in [3.63, 3.8) is 0 Å². The Morgan fingerprint density at radius 1 is 1.24 bits per heavy atom. The standard InChI is InChI=1S/C11H19NO4S/c1-12(7-9-17-3)6-8-16-11(14)5-4-10(13)15-2/h4-5H,6-9H2,1-3H3/b5-4+. The van der Waals surface area contributed by atoms with Crippen molar-refractivity contribution in [2.45, 2.75) is 0 Å². The summed E-state index contributed by atoms with van der Waals surface area (Å²) in [6.07, 6.45) is 4.15. The molecule has 0 aliphatic rings. The number of carbonyl (C=O) groups excluding carboxylic acids is 2. The van der Waals surface area contributed by atoms with Crippen molar-refractivity contribution in [2.75, 3.05) is 45.9 Å². The number of nitrogens with zero attached hydrogens (tertiary/aromatic N) is 1.